The van der Waals surface area contributed by atoms with Crippen LogP contribution in [0.5, 0.6) is 0 Å². The van der Waals surface area contributed by atoms with Gasteiger partial charge >= 0.3 is 0 Å². The Morgan fingerprint density at radius 1 is 1.12 bits per heavy atom. The summed E-state index contributed by atoms with van der Waals surface area (Å²) < 4.78 is 18.0. The average Bonchev–Trinajstić information content (AvgIpc) is 3.37. The molecule has 0 spiro atoms. The minimum absolute atomic E-state index is 0.408. The molecule has 4 nitrogen and oxygen atoms in total. The number of hydrogen-bond donors (Lipinski definition) is 0. The van der Waals surface area contributed by atoms with Crippen molar-refractivity contribution >= 4 is 33.5 Å². The first kappa shape index (κ1) is 17.1. The number of rotatable bonds is 6. The van der Waals surface area contributed by atoms with Crippen LogP contribution >= 0.6 is 22.7 Å². The van der Waals surface area contributed by atoms with Crippen molar-refractivity contribution in [3.63, 3.8) is 0 Å². The van der Waals surface area contributed by atoms with Crippen molar-refractivity contribution in [2.75, 3.05) is 0 Å². The van der Waals surface area contributed by atoms with Gasteiger partial charge in [0.15, 0.2) is 0 Å². The summed E-state index contributed by atoms with van der Waals surface area (Å²) in [5, 5.41) is 5.29. The van der Waals surface area contributed by atoms with Crippen LogP contribution < -0.4 is 0 Å². The highest BCUT2D eigenvalue weighted by Crippen LogP contribution is 2.34. The lowest BCUT2D eigenvalue weighted by molar-refractivity contribution is 0.442. The fourth-order valence-electron chi connectivity index (χ4n) is 3.19. The molecule has 0 radical (unpaired) electrons. The van der Waals surface area contributed by atoms with Crippen LogP contribution in [0.2, 0.25) is 0 Å². The predicted octanol–water partition coefficient (Wildman–Crippen LogP) is 5.36. The summed E-state index contributed by atoms with van der Waals surface area (Å²) in [6, 6.07) is 3.94. The molecule has 0 saturated heterocycles. The summed E-state index contributed by atoms with van der Waals surface area (Å²) in [6.45, 7) is 0. The second-order valence-electron chi connectivity index (χ2n) is 6.36. The number of aromatic nitrogens is 2. The average molecular weight is 393 g/mol. The molecule has 25 heavy (non-hydrogen) atoms. The maximum Gasteiger partial charge on any atom is 0.236 e. The van der Waals surface area contributed by atoms with Crippen molar-refractivity contribution in [2.45, 2.75) is 49.5 Å². The molecule has 0 N–H and O–H groups in total. The topological polar surface area (TPSA) is 56.0 Å². The van der Waals surface area contributed by atoms with Gasteiger partial charge in [0.05, 0.1) is 32.8 Å². The van der Waals surface area contributed by atoms with Gasteiger partial charge in [0.1, 0.15) is 6.26 Å². The van der Waals surface area contributed by atoms with Crippen LogP contribution in [0.1, 0.15) is 54.4 Å². The Labute approximate surface area is 157 Å². The third-order valence-electron chi connectivity index (χ3n) is 4.43. The van der Waals surface area contributed by atoms with Gasteiger partial charge in [-0.15, -0.1) is 22.7 Å². The molecule has 3 aromatic rings. The standard InChI is InChI=1S/C18H20N2O2S3/c21-25(11-14-9-22-17(19-14)16-7-4-8-23-16)12-15-10-24-18(20-15)13-5-2-1-3-6-13/h4,7-10,13H,1-3,5-6,11-12H2. The summed E-state index contributed by atoms with van der Waals surface area (Å²) in [6.07, 6.45) is 8.08. The van der Waals surface area contributed by atoms with E-state index >= 15 is 0 Å². The molecule has 1 atom stereocenters. The van der Waals surface area contributed by atoms with Gasteiger partial charge < -0.3 is 4.42 Å². The Balaban J connectivity index is 1.35. The minimum Gasteiger partial charge on any atom is -0.444 e. The van der Waals surface area contributed by atoms with Gasteiger partial charge in [-0.05, 0) is 24.3 Å². The van der Waals surface area contributed by atoms with E-state index < -0.39 is 10.8 Å². The van der Waals surface area contributed by atoms with Gasteiger partial charge in [-0.2, -0.15) is 0 Å². The van der Waals surface area contributed by atoms with E-state index in [2.05, 4.69) is 10.4 Å². The molecule has 1 aliphatic carbocycles. The number of oxazole rings is 1. The molecule has 7 heteroatoms. The Morgan fingerprint density at radius 3 is 2.76 bits per heavy atom. The Bertz CT molecular complexity index is 832. The highest BCUT2D eigenvalue weighted by molar-refractivity contribution is 7.83. The molecule has 4 rings (SSSR count). The molecule has 0 amide bonds. The zero-order valence-corrected chi connectivity index (χ0v) is 16.3. The summed E-state index contributed by atoms with van der Waals surface area (Å²) >= 11 is 3.31. The summed E-state index contributed by atoms with van der Waals surface area (Å²) in [5.41, 5.74) is 1.69. The van der Waals surface area contributed by atoms with Gasteiger partial charge in [0.2, 0.25) is 5.89 Å². The monoisotopic (exact) mass is 392 g/mol. The van der Waals surface area contributed by atoms with Crippen LogP contribution in [0, 0.1) is 0 Å². The Morgan fingerprint density at radius 2 is 1.96 bits per heavy atom. The fourth-order valence-corrected chi connectivity index (χ4v) is 5.99. The van der Waals surface area contributed by atoms with Gasteiger partial charge in [-0.25, -0.2) is 9.97 Å². The molecule has 3 heterocycles. The van der Waals surface area contributed by atoms with Crippen molar-refractivity contribution in [1.29, 1.82) is 0 Å². The number of thiophene rings is 1. The van der Waals surface area contributed by atoms with Crippen LogP contribution in [0.15, 0.2) is 33.6 Å². The lowest BCUT2D eigenvalue weighted by Crippen LogP contribution is -2.05. The van der Waals surface area contributed by atoms with E-state index in [9.17, 15) is 4.21 Å². The van der Waals surface area contributed by atoms with Crippen molar-refractivity contribution in [1.82, 2.24) is 9.97 Å². The van der Waals surface area contributed by atoms with Gasteiger partial charge in [0, 0.05) is 22.1 Å². The van der Waals surface area contributed by atoms with E-state index in [0.717, 1.165) is 16.3 Å². The molecule has 0 aromatic carbocycles. The van der Waals surface area contributed by atoms with E-state index in [1.165, 1.54) is 37.1 Å². The minimum atomic E-state index is -1.02. The molecular weight excluding hydrogens is 372 g/mol. The van der Waals surface area contributed by atoms with Crippen molar-refractivity contribution in [3.8, 4) is 10.8 Å². The van der Waals surface area contributed by atoms with Crippen molar-refractivity contribution in [3.05, 3.63) is 45.6 Å². The van der Waals surface area contributed by atoms with Crippen LogP contribution in [0.25, 0.3) is 10.8 Å². The summed E-state index contributed by atoms with van der Waals surface area (Å²) in [4.78, 5) is 10.2. The first-order valence-electron chi connectivity index (χ1n) is 8.55. The van der Waals surface area contributed by atoms with Crippen LogP contribution in [0.4, 0.5) is 0 Å². The van der Waals surface area contributed by atoms with E-state index in [1.807, 2.05) is 17.5 Å². The molecule has 132 valence electrons. The van der Waals surface area contributed by atoms with Crippen molar-refractivity contribution < 1.29 is 8.63 Å². The van der Waals surface area contributed by atoms with E-state index in [4.69, 9.17) is 9.40 Å². The predicted molar refractivity (Wildman–Crippen MR) is 103 cm³/mol. The third kappa shape index (κ3) is 4.27. The lowest BCUT2D eigenvalue weighted by atomic mass is 9.90. The first-order valence-corrected chi connectivity index (χ1v) is 11.8. The Kier molecular flexibility index (Phi) is 5.43. The molecule has 1 saturated carbocycles. The lowest BCUT2D eigenvalue weighted by Gasteiger charge is -2.18. The third-order valence-corrected chi connectivity index (χ3v) is 7.57. The Hall–Kier alpha value is -1.31. The highest BCUT2D eigenvalue weighted by atomic mass is 32.2. The SMILES string of the molecule is O=S(Cc1coc(-c2cccs2)n1)Cc1csc(C2CCCCC2)n1. The normalized spacial score (nSPS) is 17.0. The molecule has 1 unspecified atom stereocenters. The maximum atomic E-state index is 12.5. The molecule has 0 aliphatic heterocycles. The molecule has 3 aromatic heterocycles. The van der Waals surface area contributed by atoms with Gasteiger partial charge in [-0.1, -0.05) is 25.3 Å². The van der Waals surface area contributed by atoms with Crippen LogP contribution in [0.3, 0.4) is 0 Å². The first-order chi connectivity index (χ1) is 12.3. The molecule has 1 fully saturated rings. The maximum absolute atomic E-state index is 12.5. The highest BCUT2D eigenvalue weighted by Gasteiger charge is 2.19. The number of hydrogen-bond acceptors (Lipinski definition) is 6. The zero-order valence-electron chi connectivity index (χ0n) is 13.8. The van der Waals surface area contributed by atoms with Crippen LogP contribution in [-0.4, -0.2) is 14.2 Å². The summed E-state index contributed by atoms with van der Waals surface area (Å²) in [5.74, 6) is 2.12. The van der Waals surface area contributed by atoms with E-state index in [1.54, 1.807) is 28.9 Å². The second kappa shape index (κ2) is 7.93. The van der Waals surface area contributed by atoms with Gasteiger partial charge in [-0.3, -0.25) is 4.21 Å². The number of thiazole rings is 1. The van der Waals surface area contributed by atoms with Crippen LogP contribution in [-0.2, 0) is 22.3 Å². The van der Waals surface area contributed by atoms with Crippen molar-refractivity contribution in [2.24, 2.45) is 0 Å². The summed E-state index contributed by atoms with van der Waals surface area (Å²) in [7, 11) is -1.02. The largest absolute Gasteiger partial charge is 0.444 e. The van der Waals surface area contributed by atoms with Gasteiger partial charge in [0.25, 0.3) is 0 Å². The smallest absolute Gasteiger partial charge is 0.236 e. The molecular formula is C18H20N2O2S3. The van der Waals surface area contributed by atoms with E-state index in [0.29, 0.717) is 23.3 Å². The fraction of sp³-hybridized carbons (Fsp3) is 0.444. The zero-order chi connectivity index (χ0) is 17.1. The van der Waals surface area contributed by atoms with E-state index in [-0.39, 0.29) is 0 Å². The quantitative estimate of drug-likeness (QED) is 0.567. The molecule has 0 bridgehead atoms. The second-order valence-corrected chi connectivity index (χ2v) is 9.66. The number of nitrogens with zero attached hydrogens (tertiary/aromatic N) is 2. The molecule has 1 aliphatic rings.